The van der Waals surface area contributed by atoms with Crippen LogP contribution in [-0.4, -0.2) is 48.9 Å². The number of nitrogens with one attached hydrogen (secondary N) is 2. The van der Waals surface area contributed by atoms with Gasteiger partial charge in [-0.25, -0.2) is 4.79 Å². The van der Waals surface area contributed by atoms with Crippen LogP contribution in [0.5, 0.6) is 0 Å². The van der Waals surface area contributed by atoms with Gasteiger partial charge in [-0.3, -0.25) is 9.59 Å². The third-order valence-electron chi connectivity index (χ3n) is 5.98. The second-order valence-corrected chi connectivity index (χ2v) is 8.58. The van der Waals surface area contributed by atoms with Crippen LogP contribution in [0.25, 0.3) is 11.1 Å². The molecule has 0 heterocycles. The van der Waals surface area contributed by atoms with Gasteiger partial charge in [0.25, 0.3) is 0 Å². The first kappa shape index (κ1) is 26.1. The van der Waals surface area contributed by atoms with Crippen LogP contribution in [-0.2, 0) is 14.3 Å². The van der Waals surface area contributed by atoms with Crippen molar-refractivity contribution < 1.29 is 37.4 Å². The molecule has 0 aliphatic heterocycles. The molecule has 2 unspecified atom stereocenters. The summed E-state index contributed by atoms with van der Waals surface area (Å²) in [6, 6.07) is 15.3. The average Bonchev–Trinajstić information content (AvgIpc) is 3.13. The highest BCUT2D eigenvalue weighted by Crippen LogP contribution is 2.44. The Morgan fingerprint density at radius 1 is 0.971 bits per heavy atom. The fraction of sp³-hybridized carbons (Fsp3) is 0.400. The van der Waals surface area contributed by atoms with E-state index >= 15 is 0 Å². The lowest BCUT2D eigenvalue weighted by atomic mass is 9.98. The Labute approximate surface area is 200 Å². The van der Waals surface area contributed by atoms with Crippen molar-refractivity contribution in [2.24, 2.45) is 11.8 Å². The van der Waals surface area contributed by atoms with Crippen LogP contribution < -0.4 is 10.6 Å². The maximum atomic E-state index is 13.4. The number of alkyl carbamates (subject to hydrolysis) is 1. The number of aliphatic carboxylic acids is 1. The predicted octanol–water partition coefficient (Wildman–Crippen LogP) is 4.32. The lowest BCUT2D eigenvalue weighted by Gasteiger charge is -2.21. The summed E-state index contributed by atoms with van der Waals surface area (Å²) in [6.07, 6.45) is -5.87. The first-order chi connectivity index (χ1) is 16.6. The summed E-state index contributed by atoms with van der Waals surface area (Å²) in [5.74, 6) is -5.35. The second-order valence-electron chi connectivity index (χ2n) is 8.58. The Hall–Kier alpha value is -3.56. The summed E-state index contributed by atoms with van der Waals surface area (Å²) < 4.78 is 45.5. The van der Waals surface area contributed by atoms with Gasteiger partial charge in [0.15, 0.2) is 5.92 Å². The van der Waals surface area contributed by atoms with E-state index in [1.165, 1.54) is 0 Å². The second kappa shape index (κ2) is 11.2. The zero-order valence-electron chi connectivity index (χ0n) is 19.1. The number of amides is 2. The molecule has 3 rings (SSSR count). The van der Waals surface area contributed by atoms with E-state index in [4.69, 9.17) is 9.84 Å². The number of fused-ring (bicyclic) bond motifs is 3. The van der Waals surface area contributed by atoms with Crippen LogP contribution in [0.3, 0.4) is 0 Å². The summed E-state index contributed by atoms with van der Waals surface area (Å²) in [5, 5.41) is 12.9. The SMILES string of the molecule is CC(CCC(=O)O)CNC(=O)C(CNC(=O)OCC1c2ccccc2-c2ccccc21)C(F)(F)F. The molecule has 188 valence electrons. The molecule has 2 amide bonds. The molecule has 0 radical (unpaired) electrons. The summed E-state index contributed by atoms with van der Waals surface area (Å²) in [7, 11) is 0. The van der Waals surface area contributed by atoms with Crippen molar-refractivity contribution in [3.63, 3.8) is 0 Å². The maximum absolute atomic E-state index is 13.4. The Balaban J connectivity index is 1.54. The van der Waals surface area contributed by atoms with E-state index in [2.05, 4.69) is 10.6 Å². The van der Waals surface area contributed by atoms with Gasteiger partial charge in [0.05, 0.1) is 0 Å². The number of alkyl halides is 3. The number of carbonyl (C=O) groups excluding carboxylic acids is 2. The first-order valence-corrected chi connectivity index (χ1v) is 11.2. The first-order valence-electron chi connectivity index (χ1n) is 11.2. The summed E-state index contributed by atoms with van der Waals surface area (Å²) >= 11 is 0. The molecule has 1 aliphatic rings. The summed E-state index contributed by atoms with van der Waals surface area (Å²) in [5.41, 5.74) is 3.96. The number of ether oxygens (including phenoxy) is 1. The molecule has 2 aromatic carbocycles. The minimum atomic E-state index is -4.88. The minimum absolute atomic E-state index is 0.0656. The Morgan fingerprint density at radius 2 is 1.54 bits per heavy atom. The molecule has 1 aliphatic carbocycles. The lowest BCUT2D eigenvalue weighted by Crippen LogP contribution is -2.47. The van der Waals surface area contributed by atoms with Gasteiger partial charge in [0.1, 0.15) is 6.61 Å². The number of benzene rings is 2. The number of hydrogen-bond acceptors (Lipinski definition) is 4. The molecule has 0 spiro atoms. The lowest BCUT2D eigenvalue weighted by molar-refractivity contribution is -0.181. The fourth-order valence-electron chi connectivity index (χ4n) is 4.06. The van der Waals surface area contributed by atoms with Crippen molar-refractivity contribution in [1.29, 1.82) is 0 Å². The standard InChI is InChI=1S/C25H27F3N2O5/c1-15(10-11-22(31)32)12-29-23(33)21(25(26,27)28)13-30-24(34)35-14-20-18-8-4-2-6-16(18)17-7-3-5-9-19(17)20/h2-9,15,20-21H,10-14H2,1H3,(H,29,33)(H,30,34)(H,31,32). The molecule has 2 atom stereocenters. The quantitative estimate of drug-likeness (QED) is 0.458. The zero-order valence-corrected chi connectivity index (χ0v) is 19.1. The van der Waals surface area contributed by atoms with Gasteiger partial charge in [-0.15, -0.1) is 0 Å². The van der Waals surface area contributed by atoms with Crippen molar-refractivity contribution in [2.75, 3.05) is 19.7 Å². The maximum Gasteiger partial charge on any atom is 0.407 e. The summed E-state index contributed by atoms with van der Waals surface area (Å²) in [6.45, 7) is 0.476. The molecule has 3 N–H and O–H groups in total. The number of hydrogen-bond donors (Lipinski definition) is 3. The van der Waals surface area contributed by atoms with Gasteiger partial charge in [-0.2, -0.15) is 13.2 Å². The van der Waals surface area contributed by atoms with Gasteiger partial charge >= 0.3 is 18.2 Å². The monoisotopic (exact) mass is 492 g/mol. The van der Waals surface area contributed by atoms with Crippen LogP contribution in [0.4, 0.5) is 18.0 Å². The van der Waals surface area contributed by atoms with Crippen LogP contribution in [0.2, 0.25) is 0 Å². The largest absolute Gasteiger partial charge is 0.481 e. The molecule has 0 bridgehead atoms. The van der Waals surface area contributed by atoms with Crippen LogP contribution in [0, 0.1) is 11.8 Å². The smallest absolute Gasteiger partial charge is 0.407 e. The molecular formula is C25H27F3N2O5. The van der Waals surface area contributed by atoms with Gasteiger partial charge in [0.2, 0.25) is 5.91 Å². The van der Waals surface area contributed by atoms with Crippen molar-refractivity contribution in [2.45, 2.75) is 31.9 Å². The van der Waals surface area contributed by atoms with Crippen molar-refractivity contribution >= 4 is 18.0 Å². The molecule has 7 nitrogen and oxygen atoms in total. The Bertz CT molecular complexity index is 1030. The highest BCUT2D eigenvalue weighted by molar-refractivity contribution is 5.81. The molecule has 2 aromatic rings. The van der Waals surface area contributed by atoms with E-state index in [9.17, 15) is 27.6 Å². The third kappa shape index (κ3) is 6.74. The number of carbonyl (C=O) groups is 3. The fourth-order valence-corrected chi connectivity index (χ4v) is 4.06. The molecule has 10 heteroatoms. The molecule has 35 heavy (non-hydrogen) atoms. The molecular weight excluding hydrogens is 465 g/mol. The van der Waals surface area contributed by atoms with Crippen LogP contribution in [0.1, 0.15) is 36.8 Å². The topological polar surface area (TPSA) is 105 Å². The highest BCUT2D eigenvalue weighted by atomic mass is 19.4. The van der Waals surface area contributed by atoms with Crippen molar-refractivity contribution in [3.8, 4) is 11.1 Å². The molecule has 0 fully saturated rings. The van der Waals surface area contributed by atoms with Crippen LogP contribution >= 0.6 is 0 Å². The van der Waals surface area contributed by atoms with E-state index < -0.39 is 36.6 Å². The van der Waals surface area contributed by atoms with E-state index in [1.54, 1.807) is 6.92 Å². The van der Waals surface area contributed by atoms with Crippen LogP contribution in [0.15, 0.2) is 48.5 Å². The number of carboxylic acid groups (broad SMARTS) is 1. The molecule has 0 saturated heterocycles. The number of carboxylic acids is 1. The number of halogens is 3. The van der Waals surface area contributed by atoms with Gasteiger partial charge in [0, 0.05) is 25.4 Å². The highest BCUT2D eigenvalue weighted by Gasteiger charge is 2.45. The van der Waals surface area contributed by atoms with E-state index in [0.29, 0.717) is 0 Å². The zero-order chi connectivity index (χ0) is 25.6. The molecule has 0 saturated carbocycles. The summed E-state index contributed by atoms with van der Waals surface area (Å²) in [4.78, 5) is 35.0. The minimum Gasteiger partial charge on any atom is -0.481 e. The van der Waals surface area contributed by atoms with E-state index in [0.717, 1.165) is 22.3 Å². The molecule has 0 aromatic heterocycles. The third-order valence-corrected chi connectivity index (χ3v) is 5.98. The van der Waals surface area contributed by atoms with Gasteiger partial charge in [-0.05, 0) is 34.6 Å². The average molecular weight is 492 g/mol. The predicted molar refractivity (Wildman–Crippen MR) is 122 cm³/mol. The number of rotatable bonds is 10. The normalized spacial score (nSPS) is 14.4. The van der Waals surface area contributed by atoms with Gasteiger partial charge < -0.3 is 20.5 Å². The van der Waals surface area contributed by atoms with E-state index in [-0.39, 0.29) is 37.8 Å². The van der Waals surface area contributed by atoms with Gasteiger partial charge in [-0.1, -0.05) is 55.5 Å². The Morgan fingerprint density at radius 3 is 2.09 bits per heavy atom. The van der Waals surface area contributed by atoms with Crippen molar-refractivity contribution in [1.82, 2.24) is 10.6 Å². The Kier molecular flexibility index (Phi) is 8.37. The van der Waals surface area contributed by atoms with Crippen molar-refractivity contribution in [3.05, 3.63) is 59.7 Å². The van der Waals surface area contributed by atoms with E-state index in [1.807, 2.05) is 48.5 Å².